The quantitative estimate of drug-likeness (QED) is 0.454. The van der Waals surface area contributed by atoms with Gasteiger partial charge in [0.15, 0.2) is 5.78 Å². The highest BCUT2D eigenvalue weighted by molar-refractivity contribution is 14.1. The summed E-state index contributed by atoms with van der Waals surface area (Å²) in [6.07, 6.45) is 0.216. The number of benzene rings is 2. The van der Waals surface area contributed by atoms with E-state index in [0.29, 0.717) is 5.56 Å². The summed E-state index contributed by atoms with van der Waals surface area (Å²) >= 11 is 4.44. The highest BCUT2D eigenvalue weighted by Crippen LogP contribution is 2.27. The molecule has 0 aliphatic rings. The second-order valence-electron chi connectivity index (χ2n) is 5.63. The van der Waals surface area contributed by atoms with Crippen LogP contribution in [0, 0.1) is 7.14 Å². The fraction of sp³-hybridized carbons (Fsp3) is 0.222. The smallest absolute Gasteiger partial charge is 0.217 e. The molecular weight excluding hydrogens is 516 g/mol. The molecule has 23 heavy (non-hydrogen) atoms. The third-order valence-corrected chi connectivity index (χ3v) is 5.05. The molecule has 0 saturated heterocycles. The molecule has 3 nitrogen and oxygen atoms in total. The topological polar surface area (TPSA) is 46.2 Å². The van der Waals surface area contributed by atoms with Crippen LogP contribution >= 0.6 is 45.2 Å². The number of ketones is 1. The van der Waals surface area contributed by atoms with E-state index in [-0.39, 0.29) is 18.1 Å². The Hall–Kier alpha value is -0.960. The number of amides is 1. The third kappa shape index (κ3) is 5.00. The summed E-state index contributed by atoms with van der Waals surface area (Å²) < 4.78 is 2.20. The number of nitrogens with one attached hydrogen (secondary N) is 1. The summed E-state index contributed by atoms with van der Waals surface area (Å²) in [5.41, 5.74) is 0.857. The molecule has 0 radical (unpaired) electrons. The standard InChI is InChI=1S/C18H17I2NO2/c1-12(22)21-18(2,14-5-9-16(20)10-6-14)11-17(23)13-3-7-15(19)8-4-13/h3-10H,11H2,1-2H3,(H,21,22). The molecule has 1 atom stereocenters. The first kappa shape index (κ1) is 18.4. The maximum atomic E-state index is 12.6. The molecule has 120 valence electrons. The molecule has 0 spiro atoms. The van der Waals surface area contributed by atoms with E-state index >= 15 is 0 Å². The summed E-state index contributed by atoms with van der Waals surface area (Å²) in [6.45, 7) is 3.36. The average molecular weight is 533 g/mol. The zero-order chi connectivity index (χ0) is 17.0. The molecule has 1 amide bonds. The van der Waals surface area contributed by atoms with Crippen molar-refractivity contribution in [1.82, 2.24) is 5.32 Å². The lowest BCUT2D eigenvalue weighted by atomic mass is 9.85. The summed E-state index contributed by atoms with van der Waals surface area (Å²) in [7, 11) is 0. The van der Waals surface area contributed by atoms with Gasteiger partial charge in [0.05, 0.1) is 5.54 Å². The first-order valence-electron chi connectivity index (χ1n) is 7.14. The number of carbonyl (C=O) groups is 2. The molecule has 2 aromatic carbocycles. The van der Waals surface area contributed by atoms with Gasteiger partial charge in [-0.2, -0.15) is 0 Å². The van der Waals surface area contributed by atoms with Crippen molar-refractivity contribution in [2.45, 2.75) is 25.8 Å². The SMILES string of the molecule is CC(=O)NC(C)(CC(=O)c1ccc(I)cc1)c1ccc(I)cc1. The number of hydrogen-bond acceptors (Lipinski definition) is 2. The summed E-state index contributed by atoms with van der Waals surface area (Å²) in [5, 5.41) is 2.94. The van der Waals surface area contributed by atoms with Gasteiger partial charge in [0.1, 0.15) is 0 Å². The monoisotopic (exact) mass is 533 g/mol. The number of halogens is 2. The van der Waals surface area contributed by atoms with Gasteiger partial charge in [-0.3, -0.25) is 9.59 Å². The van der Waals surface area contributed by atoms with E-state index in [1.807, 2.05) is 55.5 Å². The Morgan fingerprint density at radius 3 is 1.91 bits per heavy atom. The normalized spacial score (nSPS) is 13.2. The van der Waals surface area contributed by atoms with E-state index in [9.17, 15) is 9.59 Å². The molecule has 0 saturated carbocycles. The maximum Gasteiger partial charge on any atom is 0.217 e. The van der Waals surface area contributed by atoms with Crippen LogP contribution < -0.4 is 5.32 Å². The summed E-state index contributed by atoms with van der Waals surface area (Å²) in [6, 6.07) is 15.3. The minimum Gasteiger partial charge on any atom is -0.347 e. The molecule has 1 unspecified atom stereocenters. The van der Waals surface area contributed by atoms with Gasteiger partial charge in [-0.05, 0) is 81.9 Å². The van der Waals surface area contributed by atoms with Crippen molar-refractivity contribution in [3.63, 3.8) is 0 Å². The lowest BCUT2D eigenvalue weighted by molar-refractivity contribution is -0.120. The number of Topliss-reactive ketones (excluding diaryl/α,β-unsaturated/α-hetero) is 1. The van der Waals surface area contributed by atoms with E-state index in [1.54, 1.807) is 0 Å². The predicted molar refractivity (Wildman–Crippen MR) is 108 cm³/mol. The van der Waals surface area contributed by atoms with E-state index in [4.69, 9.17) is 0 Å². The van der Waals surface area contributed by atoms with E-state index in [2.05, 4.69) is 50.5 Å². The molecule has 0 bridgehead atoms. The van der Waals surface area contributed by atoms with Gasteiger partial charge < -0.3 is 5.32 Å². The Morgan fingerprint density at radius 1 is 0.957 bits per heavy atom. The van der Waals surface area contributed by atoms with Crippen LogP contribution in [0.5, 0.6) is 0 Å². The summed E-state index contributed by atoms with van der Waals surface area (Å²) in [5.74, 6) is -0.141. The Labute approximate surface area is 163 Å². The van der Waals surface area contributed by atoms with Crippen molar-refractivity contribution in [1.29, 1.82) is 0 Å². The van der Waals surface area contributed by atoms with Gasteiger partial charge in [-0.25, -0.2) is 0 Å². The molecule has 0 fully saturated rings. The molecule has 0 aromatic heterocycles. The Kier molecular flexibility index (Phi) is 6.19. The van der Waals surface area contributed by atoms with E-state index in [1.165, 1.54) is 6.92 Å². The van der Waals surface area contributed by atoms with Gasteiger partial charge in [0, 0.05) is 26.0 Å². The van der Waals surface area contributed by atoms with Crippen LogP contribution in [-0.4, -0.2) is 11.7 Å². The van der Waals surface area contributed by atoms with Crippen LogP contribution in [0.3, 0.4) is 0 Å². The van der Waals surface area contributed by atoms with Crippen LogP contribution in [-0.2, 0) is 10.3 Å². The zero-order valence-corrected chi connectivity index (χ0v) is 17.2. The first-order chi connectivity index (χ1) is 10.8. The molecule has 2 rings (SSSR count). The van der Waals surface area contributed by atoms with Gasteiger partial charge >= 0.3 is 0 Å². The van der Waals surface area contributed by atoms with Gasteiger partial charge in [-0.1, -0.05) is 24.3 Å². The average Bonchev–Trinajstić information content (AvgIpc) is 2.47. The van der Waals surface area contributed by atoms with Crippen LogP contribution in [0.2, 0.25) is 0 Å². The Balaban J connectivity index is 2.31. The predicted octanol–water partition coefficient (Wildman–Crippen LogP) is 4.52. The van der Waals surface area contributed by atoms with E-state index < -0.39 is 5.54 Å². The fourth-order valence-corrected chi connectivity index (χ4v) is 3.20. The van der Waals surface area contributed by atoms with Crippen LogP contribution in [0.15, 0.2) is 48.5 Å². The van der Waals surface area contributed by atoms with Crippen molar-refractivity contribution in [2.75, 3.05) is 0 Å². The second-order valence-corrected chi connectivity index (χ2v) is 8.12. The second kappa shape index (κ2) is 7.74. The molecule has 0 aliphatic heterocycles. The maximum absolute atomic E-state index is 12.6. The highest BCUT2D eigenvalue weighted by Gasteiger charge is 2.30. The molecule has 0 heterocycles. The molecule has 5 heteroatoms. The molecule has 0 aliphatic carbocycles. The fourth-order valence-electron chi connectivity index (χ4n) is 2.48. The van der Waals surface area contributed by atoms with Crippen molar-refractivity contribution >= 4 is 56.9 Å². The van der Waals surface area contributed by atoms with Gasteiger partial charge in [0.25, 0.3) is 0 Å². The third-order valence-electron chi connectivity index (χ3n) is 3.61. The largest absolute Gasteiger partial charge is 0.347 e. The van der Waals surface area contributed by atoms with E-state index in [0.717, 1.165) is 12.7 Å². The molecule has 1 N–H and O–H groups in total. The number of carbonyl (C=O) groups excluding carboxylic acids is 2. The molecular formula is C18H17I2NO2. The minimum absolute atomic E-state index is 0.0104. The minimum atomic E-state index is -0.726. The highest BCUT2D eigenvalue weighted by atomic mass is 127. The Morgan fingerprint density at radius 2 is 1.43 bits per heavy atom. The zero-order valence-electron chi connectivity index (χ0n) is 12.9. The van der Waals surface area contributed by atoms with Gasteiger partial charge in [0.2, 0.25) is 5.91 Å². The van der Waals surface area contributed by atoms with Crippen molar-refractivity contribution in [3.05, 3.63) is 66.8 Å². The van der Waals surface area contributed by atoms with Gasteiger partial charge in [-0.15, -0.1) is 0 Å². The van der Waals surface area contributed by atoms with Crippen LogP contribution in [0.1, 0.15) is 36.2 Å². The van der Waals surface area contributed by atoms with Crippen LogP contribution in [0.25, 0.3) is 0 Å². The van der Waals surface area contributed by atoms with Crippen molar-refractivity contribution in [3.8, 4) is 0 Å². The van der Waals surface area contributed by atoms with Crippen molar-refractivity contribution < 1.29 is 9.59 Å². The molecule has 2 aromatic rings. The lowest BCUT2D eigenvalue weighted by Gasteiger charge is -2.30. The number of rotatable bonds is 5. The number of hydrogen-bond donors (Lipinski definition) is 1. The van der Waals surface area contributed by atoms with Crippen molar-refractivity contribution in [2.24, 2.45) is 0 Å². The summed E-state index contributed by atoms with van der Waals surface area (Å²) in [4.78, 5) is 24.3. The Bertz CT molecular complexity index is 711. The first-order valence-corrected chi connectivity index (χ1v) is 9.29. The van der Waals surface area contributed by atoms with Crippen LogP contribution in [0.4, 0.5) is 0 Å². The lowest BCUT2D eigenvalue weighted by Crippen LogP contribution is -2.44.